The van der Waals surface area contributed by atoms with Crippen molar-refractivity contribution in [1.82, 2.24) is 4.90 Å². The molecule has 0 aromatic heterocycles. The zero-order chi connectivity index (χ0) is 19.6. The van der Waals surface area contributed by atoms with Crippen molar-refractivity contribution >= 4 is 23.3 Å². The number of fused-ring (bicyclic) bond motifs is 1. The molecule has 5 nitrogen and oxygen atoms in total. The lowest BCUT2D eigenvalue weighted by Gasteiger charge is -2.30. The quantitative estimate of drug-likeness (QED) is 0.822. The van der Waals surface area contributed by atoms with Gasteiger partial charge in [0.1, 0.15) is 0 Å². The van der Waals surface area contributed by atoms with E-state index in [0.29, 0.717) is 18.7 Å². The number of urea groups is 1. The smallest absolute Gasteiger partial charge is 0.326 e. The van der Waals surface area contributed by atoms with Crippen LogP contribution < -0.4 is 10.6 Å². The van der Waals surface area contributed by atoms with Crippen molar-refractivity contribution in [3.05, 3.63) is 59.2 Å². The Morgan fingerprint density at radius 1 is 1.00 bits per heavy atom. The predicted octanol–water partition coefficient (Wildman–Crippen LogP) is 4.25. The van der Waals surface area contributed by atoms with Gasteiger partial charge in [0.25, 0.3) is 0 Å². The fourth-order valence-electron chi connectivity index (χ4n) is 3.12. The number of halogens is 3. The molecular formula is C19H18F3N3O2. The number of para-hydroxylation sites is 1. The van der Waals surface area contributed by atoms with Gasteiger partial charge in [-0.3, -0.25) is 4.79 Å². The van der Waals surface area contributed by atoms with Gasteiger partial charge in [-0.25, -0.2) is 4.79 Å². The van der Waals surface area contributed by atoms with Crippen LogP contribution in [0, 0.1) is 0 Å². The summed E-state index contributed by atoms with van der Waals surface area (Å²) in [6, 6.07) is 9.68. The Labute approximate surface area is 154 Å². The normalized spacial score (nSPS) is 13.7. The van der Waals surface area contributed by atoms with Crippen molar-refractivity contribution in [2.45, 2.75) is 26.1 Å². The molecule has 2 N–H and O–H groups in total. The summed E-state index contributed by atoms with van der Waals surface area (Å²) < 4.78 is 39.3. The van der Waals surface area contributed by atoms with Gasteiger partial charge in [0.05, 0.1) is 11.3 Å². The average molecular weight is 377 g/mol. The lowest BCUT2D eigenvalue weighted by Crippen LogP contribution is -2.39. The highest BCUT2D eigenvalue weighted by atomic mass is 19.4. The standard InChI is InChI=1S/C19H18F3N3O2/c1-12(26)23-16-8-4-5-13-11-25(10-9-14(13)16)18(27)24-17-7-3-2-6-15(17)19(20,21)22/h2-8H,9-11H2,1H3,(H,23,26)(H,24,27). The highest BCUT2D eigenvalue weighted by molar-refractivity contribution is 5.91. The van der Waals surface area contributed by atoms with Crippen LogP contribution in [-0.4, -0.2) is 23.4 Å². The van der Waals surface area contributed by atoms with Crippen LogP contribution in [0.5, 0.6) is 0 Å². The van der Waals surface area contributed by atoms with E-state index >= 15 is 0 Å². The molecule has 1 aliphatic heterocycles. The monoisotopic (exact) mass is 377 g/mol. The van der Waals surface area contributed by atoms with E-state index in [1.54, 1.807) is 12.1 Å². The minimum Gasteiger partial charge on any atom is -0.326 e. The maximum absolute atomic E-state index is 13.1. The third-order valence-electron chi connectivity index (χ3n) is 4.34. The average Bonchev–Trinajstić information content (AvgIpc) is 2.60. The van der Waals surface area contributed by atoms with Crippen molar-refractivity contribution < 1.29 is 22.8 Å². The summed E-state index contributed by atoms with van der Waals surface area (Å²) in [5.74, 6) is -0.188. The molecule has 27 heavy (non-hydrogen) atoms. The second-order valence-corrected chi connectivity index (χ2v) is 6.27. The Balaban J connectivity index is 1.77. The van der Waals surface area contributed by atoms with Crippen LogP contribution in [-0.2, 0) is 23.9 Å². The zero-order valence-corrected chi connectivity index (χ0v) is 14.6. The Hall–Kier alpha value is -3.03. The predicted molar refractivity (Wildman–Crippen MR) is 95.3 cm³/mol. The molecule has 0 unspecified atom stereocenters. The summed E-state index contributed by atoms with van der Waals surface area (Å²) in [4.78, 5) is 25.3. The number of nitrogens with one attached hydrogen (secondary N) is 2. The summed E-state index contributed by atoms with van der Waals surface area (Å²) in [6.45, 7) is 2.01. The van der Waals surface area contributed by atoms with Crippen LogP contribution in [0.4, 0.5) is 29.3 Å². The molecule has 0 spiro atoms. The van der Waals surface area contributed by atoms with Gasteiger partial charge in [-0.15, -0.1) is 0 Å². The van der Waals surface area contributed by atoms with Crippen LogP contribution >= 0.6 is 0 Å². The lowest BCUT2D eigenvalue weighted by atomic mass is 9.98. The van der Waals surface area contributed by atoms with Crippen LogP contribution in [0.3, 0.4) is 0 Å². The van der Waals surface area contributed by atoms with Crippen molar-refractivity contribution in [3.8, 4) is 0 Å². The molecule has 2 aromatic rings. The molecule has 8 heteroatoms. The van der Waals surface area contributed by atoms with E-state index in [-0.39, 0.29) is 18.1 Å². The van der Waals surface area contributed by atoms with Crippen molar-refractivity contribution in [2.75, 3.05) is 17.2 Å². The molecule has 2 aromatic carbocycles. The molecule has 0 fully saturated rings. The highest BCUT2D eigenvalue weighted by Gasteiger charge is 2.34. The molecule has 1 heterocycles. The third kappa shape index (κ3) is 4.21. The van der Waals surface area contributed by atoms with Crippen molar-refractivity contribution in [2.24, 2.45) is 0 Å². The fraction of sp³-hybridized carbons (Fsp3) is 0.263. The lowest BCUT2D eigenvalue weighted by molar-refractivity contribution is -0.136. The number of carbonyl (C=O) groups is 2. The molecule has 1 aliphatic rings. The molecule has 0 radical (unpaired) electrons. The van der Waals surface area contributed by atoms with Gasteiger partial charge in [0.2, 0.25) is 5.91 Å². The summed E-state index contributed by atoms with van der Waals surface area (Å²) in [5, 5.41) is 5.12. The van der Waals surface area contributed by atoms with E-state index < -0.39 is 17.8 Å². The topological polar surface area (TPSA) is 61.4 Å². The fourth-order valence-corrected chi connectivity index (χ4v) is 3.12. The number of rotatable bonds is 2. The van der Waals surface area contributed by atoms with E-state index in [2.05, 4.69) is 10.6 Å². The zero-order valence-electron chi connectivity index (χ0n) is 14.6. The molecule has 0 aliphatic carbocycles. The minimum atomic E-state index is -4.55. The molecule has 0 bridgehead atoms. The minimum absolute atomic E-state index is 0.188. The largest absolute Gasteiger partial charge is 0.418 e. The van der Waals surface area contributed by atoms with Crippen molar-refractivity contribution in [1.29, 1.82) is 0 Å². The number of hydrogen-bond donors (Lipinski definition) is 2. The molecule has 0 atom stereocenters. The highest BCUT2D eigenvalue weighted by Crippen LogP contribution is 2.35. The van der Waals surface area contributed by atoms with Gasteiger partial charge in [-0.1, -0.05) is 24.3 Å². The van der Waals surface area contributed by atoms with Crippen LogP contribution in [0.15, 0.2) is 42.5 Å². The number of hydrogen-bond acceptors (Lipinski definition) is 2. The van der Waals surface area contributed by atoms with Gasteiger partial charge in [-0.05, 0) is 35.7 Å². The molecule has 0 saturated heterocycles. The summed E-state index contributed by atoms with van der Waals surface area (Å²) >= 11 is 0. The second-order valence-electron chi connectivity index (χ2n) is 6.27. The van der Waals surface area contributed by atoms with Gasteiger partial charge >= 0.3 is 12.2 Å². The van der Waals surface area contributed by atoms with Crippen LogP contribution in [0.1, 0.15) is 23.6 Å². The first-order valence-electron chi connectivity index (χ1n) is 8.36. The number of anilines is 2. The number of carbonyl (C=O) groups excluding carboxylic acids is 2. The first kappa shape index (κ1) is 18.8. The van der Waals surface area contributed by atoms with Gasteiger partial charge in [0, 0.05) is 25.7 Å². The van der Waals surface area contributed by atoms with E-state index in [1.165, 1.54) is 30.0 Å². The number of alkyl halides is 3. The van der Waals surface area contributed by atoms with Crippen molar-refractivity contribution in [3.63, 3.8) is 0 Å². The summed E-state index contributed by atoms with van der Waals surface area (Å²) in [6.07, 6.45) is -4.05. The van der Waals surface area contributed by atoms with Crippen LogP contribution in [0.2, 0.25) is 0 Å². The van der Waals surface area contributed by atoms with Crippen LogP contribution in [0.25, 0.3) is 0 Å². The molecule has 3 amide bonds. The number of amides is 3. The van der Waals surface area contributed by atoms with E-state index in [9.17, 15) is 22.8 Å². The Bertz CT molecular complexity index is 881. The summed E-state index contributed by atoms with van der Waals surface area (Å²) in [5.41, 5.74) is 1.33. The maximum Gasteiger partial charge on any atom is 0.418 e. The van der Waals surface area contributed by atoms with E-state index in [4.69, 9.17) is 0 Å². The van der Waals surface area contributed by atoms with E-state index in [0.717, 1.165) is 17.2 Å². The van der Waals surface area contributed by atoms with Gasteiger partial charge in [0.15, 0.2) is 0 Å². The van der Waals surface area contributed by atoms with E-state index in [1.807, 2.05) is 6.07 Å². The Morgan fingerprint density at radius 2 is 1.70 bits per heavy atom. The van der Waals surface area contributed by atoms with Gasteiger partial charge in [-0.2, -0.15) is 13.2 Å². The first-order valence-corrected chi connectivity index (χ1v) is 8.36. The first-order chi connectivity index (χ1) is 12.8. The maximum atomic E-state index is 13.1. The Morgan fingerprint density at radius 3 is 2.41 bits per heavy atom. The number of benzene rings is 2. The second kappa shape index (κ2) is 7.30. The molecule has 0 saturated carbocycles. The van der Waals surface area contributed by atoms with Gasteiger partial charge < -0.3 is 15.5 Å². The Kier molecular flexibility index (Phi) is 5.07. The third-order valence-corrected chi connectivity index (χ3v) is 4.34. The number of nitrogens with zero attached hydrogens (tertiary/aromatic N) is 1. The molecule has 3 rings (SSSR count). The SMILES string of the molecule is CC(=O)Nc1cccc2c1CCN(C(=O)Nc1ccccc1C(F)(F)F)C2. The molecular weight excluding hydrogens is 359 g/mol. The summed E-state index contributed by atoms with van der Waals surface area (Å²) in [7, 11) is 0. The molecule has 142 valence electrons.